The molecule has 1 amide bonds. The van der Waals surface area contributed by atoms with Crippen LogP contribution in [0.15, 0.2) is 6.07 Å². The van der Waals surface area contributed by atoms with Crippen LogP contribution in [-0.4, -0.2) is 23.5 Å². The molecule has 0 saturated carbocycles. The van der Waals surface area contributed by atoms with Crippen molar-refractivity contribution < 1.29 is 13.6 Å². The van der Waals surface area contributed by atoms with E-state index in [2.05, 4.69) is 15.6 Å². The van der Waals surface area contributed by atoms with Gasteiger partial charge in [-0.25, -0.2) is 13.8 Å². The predicted octanol–water partition coefficient (Wildman–Crippen LogP) is 1.47. The summed E-state index contributed by atoms with van der Waals surface area (Å²) < 4.78 is 26.7. The molecule has 1 rings (SSSR count). The Morgan fingerprint density at radius 1 is 1.39 bits per heavy atom. The first-order valence-corrected chi connectivity index (χ1v) is 5.35. The molecular formula is C11H16F2N4O. The van der Waals surface area contributed by atoms with Gasteiger partial charge in [0.25, 0.3) is 0 Å². The van der Waals surface area contributed by atoms with Crippen molar-refractivity contribution in [2.45, 2.75) is 25.8 Å². The lowest BCUT2D eigenvalue weighted by molar-refractivity contribution is -0.118. The maximum Gasteiger partial charge on any atom is 0.219 e. The van der Waals surface area contributed by atoms with Crippen LogP contribution in [0.25, 0.3) is 0 Å². The van der Waals surface area contributed by atoms with E-state index in [1.165, 1.54) is 7.05 Å². The van der Waals surface area contributed by atoms with Crippen molar-refractivity contribution >= 4 is 17.5 Å². The number of rotatable bonds is 5. The second kappa shape index (κ2) is 5.16. The molecule has 0 aliphatic heterocycles. The van der Waals surface area contributed by atoms with E-state index in [0.29, 0.717) is 0 Å². The molecule has 0 saturated heterocycles. The Kier molecular flexibility index (Phi) is 4.05. The molecule has 7 heteroatoms. The number of amides is 1. The predicted molar refractivity (Wildman–Crippen MR) is 65.2 cm³/mol. The number of anilines is 2. The van der Waals surface area contributed by atoms with E-state index in [0.717, 1.165) is 6.07 Å². The molecule has 0 bridgehead atoms. The zero-order chi connectivity index (χ0) is 13.9. The third kappa shape index (κ3) is 3.54. The molecule has 0 atom stereocenters. The minimum absolute atomic E-state index is 0.000380. The van der Waals surface area contributed by atoms with E-state index in [9.17, 15) is 13.6 Å². The molecule has 1 aromatic heterocycles. The molecule has 0 aliphatic carbocycles. The first-order valence-electron chi connectivity index (χ1n) is 5.35. The van der Waals surface area contributed by atoms with Gasteiger partial charge in [-0.2, -0.15) is 0 Å². The lowest BCUT2D eigenvalue weighted by atomic mass is 10.0. The molecule has 0 radical (unpaired) electrons. The van der Waals surface area contributed by atoms with E-state index in [1.54, 1.807) is 13.8 Å². The average Bonchev–Trinajstić information content (AvgIpc) is 2.19. The van der Waals surface area contributed by atoms with Crippen LogP contribution in [-0.2, 0) is 4.79 Å². The van der Waals surface area contributed by atoms with Gasteiger partial charge in [-0.15, -0.1) is 0 Å². The third-order valence-corrected chi connectivity index (χ3v) is 2.24. The molecule has 1 heterocycles. The van der Waals surface area contributed by atoms with Crippen molar-refractivity contribution in [3.63, 3.8) is 0 Å². The lowest BCUT2D eigenvalue weighted by Crippen LogP contribution is -2.36. The number of hydrogen-bond acceptors (Lipinski definition) is 4. The Morgan fingerprint density at radius 2 is 1.94 bits per heavy atom. The summed E-state index contributed by atoms with van der Waals surface area (Å²) in [4.78, 5) is 14.6. The van der Waals surface area contributed by atoms with Crippen molar-refractivity contribution in [3.8, 4) is 0 Å². The topological polar surface area (TPSA) is 80.0 Å². The SMILES string of the molecule is CNc1nc(NC(C)(C)CC(N)=O)c(F)cc1F. The van der Waals surface area contributed by atoms with Gasteiger partial charge >= 0.3 is 0 Å². The zero-order valence-electron chi connectivity index (χ0n) is 10.5. The fraction of sp³-hybridized carbons (Fsp3) is 0.455. The van der Waals surface area contributed by atoms with Gasteiger partial charge in [0.1, 0.15) is 0 Å². The van der Waals surface area contributed by atoms with Crippen LogP contribution in [0.4, 0.5) is 20.4 Å². The van der Waals surface area contributed by atoms with Crippen molar-refractivity contribution in [3.05, 3.63) is 17.7 Å². The molecular weight excluding hydrogens is 242 g/mol. The normalized spacial score (nSPS) is 11.2. The van der Waals surface area contributed by atoms with Gasteiger partial charge in [-0.1, -0.05) is 0 Å². The van der Waals surface area contributed by atoms with Gasteiger partial charge in [-0.05, 0) is 13.8 Å². The summed E-state index contributed by atoms with van der Waals surface area (Å²) in [5.41, 5.74) is 4.31. The lowest BCUT2D eigenvalue weighted by Gasteiger charge is -2.25. The number of primary amides is 1. The molecule has 1 aromatic rings. The first kappa shape index (κ1) is 14.1. The maximum atomic E-state index is 13.5. The highest BCUT2D eigenvalue weighted by atomic mass is 19.1. The highest BCUT2D eigenvalue weighted by Crippen LogP contribution is 2.22. The average molecular weight is 258 g/mol. The smallest absolute Gasteiger partial charge is 0.219 e. The van der Waals surface area contributed by atoms with Gasteiger partial charge in [-0.3, -0.25) is 4.79 Å². The van der Waals surface area contributed by atoms with Crippen molar-refractivity contribution in [1.82, 2.24) is 4.98 Å². The largest absolute Gasteiger partial charge is 0.371 e. The summed E-state index contributed by atoms with van der Waals surface area (Å²) in [5.74, 6) is -2.35. The van der Waals surface area contributed by atoms with Crippen molar-refractivity contribution in [2.75, 3.05) is 17.7 Å². The highest BCUT2D eigenvalue weighted by Gasteiger charge is 2.23. The highest BCUT2D eigenvalue weighted by molar-refractivity contribution is 5.75. The number of nitrogens with zero attached hydrogens (tertiary/aromatic N) is 1. The quantitative estimate of drug-likeness (QED) is 0.747. The number of nitrogens with two attached hydrogens (primary N) is 1. The third-order valence-electron chi connectivity index (χ3n) is 2.24. The molecule has 100 valence electrons. The Balaban J connectivity index is 3.00. The monoisotopic (exact) mass is 258 g/mol. The number of pyridine rings is 1. The second-order valence-electron chi connectivity index (χ2n) is 4.55. The fourth-order valence-electron chi connectivity index (χ4n) is 1.53. The Hall–Kier alpha value is -1.92. The maximum absolute atomic E-state index is 13.5. The number of hydrogen-bond donors (Lipinski definition) is 3. The zero-order valence-corrected chi connectivity index (χ0v) is 10.5. The van der Waals surface area contributed by atoms with Crippen LogP contribution < -0.4 is 16.4 Å². The number of carbonyl (C=O) groups is 1. The summed E-state index contributed by atoms with van der Waals surface area (Å²) in [6.07, 6.45) is 0.000380. The van der Waals surface area contributed by atoms with Crippen LogP contribution in [0, 0.1) is 11.6 Å². The second-order valence-corrected chi connectivity index (χ2v) is 4.55. The summed E-state index contributed by atoms with van der Waals surface area (Å²) in [6, 6.07) is 0.724. The summed E-state index contributed by atoms with van der Waals surface area (Å²) in [5, 5.41) is 5.23. The number of halogens is 2. The van der Waals surface area contributed by atoms with Crippen molar-refractivity contribution in [1.29, 1.82) is 0 Å². The Bertz CT molecular complexity index is 463. The molecule has 4 N–H and O–H groups in total. The van der Waals surface area contributed by atoms with Crippen LogP contribution in [0.2, 0.25) is 0 Å². The van der Waals surface area contributed by atoms with Gasteiger partial charge in [0.15, 0.2) is 23.3 Å². The van der Waals surface area contributed by atoms with Gasteiger partial charge in [0, 0.05) is 25.1 Å². The fourth-order valence-corrected chi connectivity index (χ4v) is 1.53. The van der Waals surface area contributed by atoms with E-state index in [-0.39, 0.29) is 18.1 Å². The summed E-state index contributed by atoms with van der Waals surface area (Å²) >= 11 is 0. The number of carbonyl (C=O) groups excluding carboxylic acids is 1. The van der Waals surface area contributed by atoms with E-state index >= 15 is 0 Å². The summed E-state index contributed by atoms with van der Waals surface area (Å²) in [7, 11) is 1.47. The van der Waals surface area contributed by atoms with Crippen LogP contribution in [0.1, 0.15) is 20.3 Å². The molecule has 0 aromatic carbocycles. The minimum Gasteiger partial charge on any atom is -0.371 e. The van der Waals surface area contributed by atoms with E-state index in [4.69, 9.17) is 5.73 Å². The molecule has 5 nitrogen and oxygen atoms in total. The molecule has 0 aliphatic rings. The molecule has 0 unspecified atom stereocenters. The molecule has 0 fully saturated rings. The number of nitrogens with one attached hydrogen (secondary N) is 2. The van der Waals surface area contributed by atoms with Crippen molar-refractivity contribution in [2.24, 2.45) is 5.73 Å². The van der Waals surface area contributed by atoms with Crippen LogP contribution in [0.5, 0.6) is 0 Å². The Labute approximate surface area is 104 Å². The molecule has 18 heavy (non-hydrogen) atoms. The van der Waals surface area contributed by atoms with Gasteiger partial charge in [0.05, 0.1) is 0 Å². The number of aromatic nitrogens is 1. The standard InChI is InChI=1S/C11H16F2N4O/c1-11(2,5-8(14)18)17-10-7(13)4-6(12)9(15-3)16-10/h4H,5H2,1-3H3,(H2,14,18)(H2,15,16,17). The summed E-state index contributed by atoms with van der Waals surface area (Å²) in [6.45, 7) is 3.34. The van der Waals surface area contributed by atoms with Crippen LogP contribution >= 0.6 is 0 Å². The first-order chi connectivity index (χ1) is 8.25. The van der Waals surface area contributed by atoms with Gasteiger partial charge in [0.2, 0.25) is 5.91 Å². The Morgan fingerprint density at radius 3 is 2.44 bits per heavy atom. The molecule has 0 spiro atoms. The van der Waals surface area contributed by atoms with Crippen LogP contribution in [0.3, 0.4) is 0 Å². The van der Waals surface area contributed by atoms with E-state index < -0.39 is 23.1 Å². The minimum atomic E-state index is -0.830. The van der Waals surface area contributed by atoms with Gasteiger partial charge < -0.3 is 16.4 Å². The van der Waals surface area contributed by atoms with E-state index in [1.807, 2.05) is 0 Å².